The van der Waals surface area contributed by atoms with Crippen molar-refractivity contribution in [1.29, 1.82) is 0 Å². The highest BCUT2D eigenvalue weighted by molar-refractivity contribution is 5.67. The molecule has 2 rings (SSSR count). The molecular weight excluding hydrogens is 234 g/mol. The predicted molar refractivity (Wildman–Crippen MR) is 66.8 cm³/mol. The Balaban J connectivity index is 2.12. The highest BCUT2D eigenvalue weighted by atomic mass is 16.4. The largest absolute Gasteiger partial charge is 0.481 e. The van der Waals surface area contributed by atoms with E-state index in [-0.39, 0.29) is 17.9 Å². The zero-order valence-corrected chi connectivity index (χ0v) is 10.3. The van der Waals surface area contributed by atoms with Crippen LogP contribution in [-0.2, 0) is 4.79 Å². The van der Waals surface area contributed by atoms with E-state index in [0.717, 1.165) is 19.4 Å². The summed E-state index contributed by atoms with van der Waals surface area (Å²) in [6, 6.07) is 1.47. The number of H-pyrrole nitrogens is 1. The number of carboxylic acids is 1. The highest BCUT2D eigenvalue weighted by Crippen LogP contribution is 2.22. The van der Waals surface area contributed by atoms with Crippen molar-refractivity contribution in [1.82, 2.24) is 9.97 Å². The first-order valence-corrected chi connectivity index (χ1v) is 6.09. The second-order valence-corrected chi connectivity index (χ2v) is 4.74. The SMILES string of the molecule is Cc1nc(N2CCCC(CC(=O)O)C2)cc(=O)[nH]1. The van der Waals surface area contributed by atoms with Crippen LogP contribution < -0.4 is 10.5 Å². The lowest BCUT2D eigenvalue weighted by Crippen LogP contribution is -2.37. The summed E-state index contributed by atoms with van der Waals surface area (Å²) in [7, 11) is 0. The summed E-state index contributed by atoms with van der Waals surface area (Å²) in [5.41, 5.74) is -0.169. The topological polar surface area (TPSA) is 86.3 Å². The third-order valence-corrected chi connectivity index (χ3v) is 3.15. The molecule has 0 bridgehead atoms. The fourth-order valence-corrected chi connectivity index (χ4v) is 2.41. The fraction of sp³-hybridized carbons (Fsp3) is 0.583. The van der Waals surface area contributed by atoms with Gasteiger partial charge in [-0.1, -0.05) is 0 Å². The van der Waals surface area contributed by atoms with Crippen molar-refractivity contribution in [3.63, 3.8) is 0 Å². The molecule has 1 aliphatic rings. The van der Waals surface area contributed by atoms with Crippen LogP contribution in [0, 0.1) is 12.8 Å². The Hall–Kier alpha value is -1.85. The molecule has 0 spiro atoms. The second-order valence-electron chi connectivity index (χ2n) is 4.74. The molecule has 1 unspecified atom stereocenters. The first-order chi connectivity index (χ1) is 8.54. The third-order valence-electron chi connectivity index (χ3n) is 3.15. The van der Waals surface area contributed by atoms with Crippen molar-refractivity contribution >= 4 is 11.8 Å². The van der Waals surface area contributed by atoms with Gasteiger partial charge >= 0.3 is 5.97 Å². The number of aromatic nitrogens is 2. The normalized spacial score (nSPS) is 19.8. The molecule has 1 aromatic rings. The van der Waals surface area contributed by atoms with Gasteiger partial charge in [0.2, 0.25) is 0 Å². The molecule has 18 heavy (non-hydrogen) atoms. The van der Waals surface area contributed by atoms with E-state index in [4.69, 9.17) is 5.11 Å². The fourth-order valence-electron chi connectivity index (χ4n) is 2.41. The van der Waals surface area contributed by atoms with Crippen molar-refractivity contribution in [3.8, 4) is 0 Å². The van der Waals surface area contributed by atoms with Crippen molar-refractivity contribution < 1.29 is 9.90 Å². The molecular formula is C12H17N3O3. The number of carboxylic acid groups (broad SMARTS) is 1. The number of piperidine rings is 1. The van der Waals surface area contributed by atoms with E-state index in [1.54, 1.807) is 6.92 Å². The average Bonchev–Trinajstić information content (AvgIpc) is 2.27. The summed E-state index contributed by atoms with van der Waals surface area (Å²) in [6.45, 7) is 3.22. The van der Waals surface area contributed by atoms with Gasteiger partial charge in [-0.05, 0) is 25.7 Å². The number of aliphatic carboxylic acids is 1. The lowest BCUT2D eigenvalue weighted by molar-refractivity contribution is -0.138. The Kier molecular flexibility index (Phi) is 3.64. The summed E-state index contributed by atoms with van der Waals surface area (Å²) < 4.78 is 0. The maximum atomic E-state index is 11.4. The number of aromatic amines is 1. The van der Waals surface area contributed by atoms with E-state index in [1.807, 2.05) is 4.90 Å². The highest BCUT2D eigenvalue weighted by Gasteiger charge is 2.23. The van der Waals surface area contributed by atoms with E-state index in [0.29, 0.717) is 18.2 Å². The molecule has 0 saturated carbocycles. The first kappa shape index (κ1) is 12.6. The molecule has 1 aliphatic heterocycles. The van der Waals surface area contributed by atoms with Crippen molar-refractivity contribution in [2.45, 2.75) is 26.2 Å². The van der Waals surface area contributed by atoms with Gasteiger partial charge in [0.1, 0.15) is 11.6 Å². The smallest absolute Gasteiger partial charge is 0.303 e. The van der Waals surface area contributed by atoms with Gasteiger partial charge in [0.15, 0.2) is 0 Å². The van der Waals surface area contributed by atoms with Gasteiger partial charge in [0.25, 0.3) is 5.56 Å². The predicted octanol–water partition coefficient (Wildman–Crippen LogP) is 0.769. The molecule has 2 heterocycles. The minimum Gasteiger partial charge on any atom is -0.481 e. The van der Waals surface area contributed by atoms with Crippen LogP contribution in [-0.4, -0.2) is 34.1 Å². The minimum absolute atomic E-state index is 0.137. The molecule has 0 aromatic carbocycles. The average molecular weight is 251 g/mol. The summed E-state index contributed by atoms with van der Waals surface area (Å²) in [6.07, 6.45) is 2.04. The molecule has 6 nitrogen and oxygen atoms in total. The van der Waals surface area contributed by atoms with Gasteiger partial charge in [-0.15, -0.1) is 0 Å². The number of nitrogens with zero attached hydrogens (tertiary/aromatic N) is 2. The van der Waals surface area contributed by atoms with Crippen LogP contribution in [0.2, 0.25) is 0 Å². The molecule has 2 N–H and O–H groups in total. The van der Waals surface area contributed by atoms with Crippen LogP contribution in [0.25, 0.3) is 0 Å². The van der Waals surface area contributed by atoms with Crippen LogP contribution in [0.3, 0.4) is 0 Å². The summed E-state index contributed by atoms with van der Waals surface area (Å²) in [4.78, 5) is 31.0. The molecule has 0 radical (unpaired) electrons. The molecule has 1 aromatic heterocycles. The Bertz CT molecular complexity index is 498. The van der Waals surface area contributed by atoms with Gasteiger partial charge in [-0.25, -0.2) is 4.98 Å². The Morgan fingerprint density at radius 2 is 2.44 bits per heavy atom. The summed E-state index contributed by atoms with van der Waals surface area (Å²) in [5.74, 6) is 0.596. The van der Waals surface area contributed by atoms with Crippen molar-refractivity contribution in [2.75, 3.05) is 18.0 Å². The molecule has 0 amide bonds. The van der Waals surface area contributed by atoms with Crippen LogP contribution in [0.5, 0.6) is 0 Å². The van der Waals surface area contributed by atoms with E-state index in [2.05, 4.69) is 9.97 Å². The van der Waals surface area contributed by atoms with Gasteiger partial charge in [0, 0.05) is 25.6 Å². The van der Waals surface area contributed by atoms with Crippen molar-refractivity contribution in [3.05, 3.63) is 22.2 Å². The Morgan fingerprint density at radius 1 is 1.67 bits per heavy atom. The zero-order chi connectivity index (χ0) is 13.1. The van der Waals surface area contributed by atoms with E-state index in [1.165, 1.54) is 6.07 Å². The van der Waals surface area contributed by atoms with E-state index < -0.39 is 5.97 Å². The van der Waals surface area contributed by atoms with Crippen molar-refractivity contribution in [2.24, 2.45) is 5.92 Å². The van der Waals surface area contributed by atoms with Gasteiger partial charge in [-0.3, -0.25) is 9.59 Å². The molecule has 6 heteroatoms. The second kappa shape index (κ2) is 5.20. The lowest BCUT2D eigenvalue weighted by atomic mass is 9.95. The summed E-state index contributed by atoms with van der Waals surface area (Å²) >= 11 is 0. The number of aryl methyl sites for hydroxylation is 1. The van der Waals surface area contributed by atoms with Crippen LogP contribution in [0.4, 0.5) is 5.82 Å². The monoisotopic (exact) mass is 251 g/mol. The van der Waals surface area contributed by atoms with Gasteiger partial charge in [-0.2, -0.15) is 0 Å². The lowest BCUT2D eigenvalue weighted by Gasteiger charge is -2.32. The number of hydrogen-bond donors (Lipinski definition) is 2. The number of hydrogen-bond acceptors (Lipinski definition) is 4. The molecule has 0 aliphatic carbocycles. The Morgan fingerprint density at radius 3 is 3.11 bits per heavy atom. The first-order valence-electron chi connectivity index (χ1n) is 6.09. The molecule has 1 saturated heterocycles. The number of carbonyl (C=O) groups is 1. The molecule has 1 fully saturated rings. The maximum absolute atomic E-state index is 11.4. The summed E-state index contributed by atoms with van der Waals surface area (Å²) in [5, 5.41) is 8.82. The standard InChI is InChI=1S/C12H17N3O3/c1-8-13-10(6-11(16)14-8)15-4-2-3-9(7-15)5-12(17)18/h6,9H,2-5,7H2,1H3,(H,17,18)(H,13,14,16). The zero-order valence-electron chi connectivity index (χ0n) is 10.3. The number of anilines is 1. The van der Waals surface area contributed by atoms with E-state index in [9.17, 15) is 9.59 Å². The molecule has 1 atom stereocenters. The van der Waals surface area contributed by atoms with Gasteiger partial charge < -0.3 is 15.0 Å². The number of nitrogens with one attached hydrogen (secondary N) is 1. The Labute approximate surface area is 105 Å². The minimum atomic E-state index is -0.767. The van der Waals surface area contributed by atoms with Crippen LogP contribution in [0.15, 0.2) is 10.9 Å². The number of rotatable bonds is 3. The van der Waals surface area contributed by atoms with Gasteiger partial charge in [0.05, 0.1) is 0 Å². The maximum Gasteiger partial charge on any atom is 0.303 e. The molecule has 98 valence electrons. The quantitative estimate of drug-likeness (QED) is 0.828. The van der Waals surface area contributed by atoms with Crippen LogP contribution in [0.1, 0.15) is 25.1 Å². The van der Waals surface area contributed by atoms with Crippen LogP contribution >= 0.6 is 0 Å². The van der Waals surface area contributed by atoms with E-state index >= 15 is 0 Å². The third kappa shape index (κ3) is 3.09.